The number of hydrogen-bond acceptors (Lipinski definition) is 5. The van der Waals surface area contributed by atoms with Gasteiger partial charge in [-0.15, -0.1) is 0 Å². The van der Waals surface area contributed by atoms with Crippen LogP contribution in [0.25, 0.3) is 10.8 Å². The highest BCUT2D eigenvalue weighted by Crippen LogP contribution is 2.26. The number of aryl methyl sites for hydroxylation is 1. The fourth-order valence-electron chi connectivity index (χ4n) is 3.00. The van der Waals surface area contributed by atoms with Crippen molar-refractivity contribution in [3.8, 4) is 11.5 Å². The molecule has 0 fully saturated rings. The van der Waals surface area contributed by atoms with E-state index in [1.165, 1.54) is 13.2 Å². The number of rotatable bonds is 6. The van der Waals surface area contributed by atoms with Gasteiger partial charge in [0, 0.05) is 5.71 Å². The number of phenols is 1. The van der Waals surface area contributed by atoms with Gasteiger partial charge in [0.15, 0.2) is 0 Å². The second-order valence-electron chi connectivity index (χ2n) is 6.93. The molecule has 3 rings (SSSR count). The number of carbonyl (C=O) groups excluding carboxylic acids is 2. The van der Waals surface area contributed by atoms with Crippen LogP contribution in [-0.2, 0) is 4.79 Å². The lowest BCUT2D eigenvalue weighted by Crippen LogP contribution is -2.21. The Morgan fingerprint density at radius 3 is 2.47 bits per heavy atom. The summed E-state index contributed by atoms with van der Waals surface area (Å²) in [6.45, 7) is 3.55. The lowest BCUT2D eigenvalue weighted by atomic mass is 10.1. The summed E-state index contributed by atoms with van der Waals surface area (Å²) in [7, 11) is 1.53. The van der Waals surface area contributed by atoms with E-state index in [4.69, 9.17) is 4.74 Å². The molecule has 3 aromatic rings. The van der Waals surface area contributed by atoms with Crippen LogP contribution in [0.2, 0.25) is 0 Å². The standard InChI is InChI=1S/C23H23N3O4/c1-14-8-9-21(30-3)19(10-14)24-22(28)11-15(2)25-26-23(29)18-12-16-6-4-5-7-17(16)13-20(18)27/h4-10,12-13,27H,11H2,1-3H3,(H,24,28)(H,26,29)/b25-15+. The van der Waals surface area contributed by atoms with Crippen LogP contribution in [0.1, 0.15) is 29.3 Å². The van der Waals surface area contributed by atoms with Crippen LogP contribution in [0.3, 0.4) is 0 Å². The van der Waals surface area contributed by atoms with Crippen LogP contribution in [0.5, 0.6) is 11.5 Å². The average Bonchev–Trinajstić information content (AvgIpc) is 2.71. The number of hydrazone groups is 1. The van der Waals surface area contributed by atoms with Crippen molar-refractivity contribution in [3.63, 3.8) is 0 Å². The van der Waals surface area contributed by atoms with Crippen LogP contribution in [0.4, 0.5) is 5.69 Å². The van der Waals surface area contributed by atoms with E-state index < -0.39 is 5.91 Å². The normalized spacial score (nSPS) is 11.2. The quantitative estimate of drug-likeness (QED) is 0.426. The maximum atomic E-state index is 12.4. The van der Waals surface area contributed by atoms with Gasteiger partial charge >= 0.3 is 0 Å². The van der Waals surface area contributed by atoms with Crippen molar-refractivity contribution in [2.75, 3.05) is 12.4 Å². The molecule has 0 bridgehead atoms. The van der Waals surface area contributed by atoms with Gasteiger partial charge in [-0.1, -0.05) is 30.3 Å². The Morgan fingerprint density at radius 2 is 1.77 bits per heavy atom. The highest BCUT2D eigenvalue weighted by Gasteiger charge is 2.13. The van der Waals surface area contributed by atoms with Crippen LogP contribution in [-0.4, -0.2) is 29.7 Å². The molecule has 0 aliphatic carbocycles. The van der Waals surface area contributed by atoms with Gasteiger partial charge in [-0.2, -0.15) is 5.10 Å². The predicted octanol–water partition coefficient (Wildman–Crippen LogP) is 4.00. The zero-order chi connectivity index (χ0) is 21.7. The predicted molar refractivity (Wildman–Crippen MR) is 117 cm³/mol. The lowest BCUT2D eigenvalue weighted by Gasteiger charge is -2.11. The molecule has 0 radical (unpaired) electrons. The Labute approximate surface area is 174 Å². The Bertz CT molecular complexity index is 1140. The van der Waals surface area contributed by atoms with Crippen molar-refractivity contribution in [1.82, 2.24) is 5.43 Å². The fraction of sp³-hybridized carbons (Fsp3) is 0.174. The molecule has 7 nitrogen and oxygen atoms in total. The largest absolute Gasteiger partial charge is 0.507 e. The first kappa shape index (κ1) is 20.9. The number of aromatic hydroxyl groups is 1. The molecule has 30 heavy (non-hydrogen) atoms. The molecule has 2 amide bonds. The van der Waals surface area contributed by atoms with Crippen LogP contribution in [0.15, 0.2) is 59.7 Å². The first-order chi connectivity index (χ1) is 14.4. The van der Waals surface area contributed by atoms with E-state index in [2.05, 4.69) is 15.8 Å². The third-order valence-corrected chi connectivity index (χ3v) is 4.50. The molecule has 0 aromatic heterocycles. The highest BCUT2D eigenvalue weighted by atomic mass is 16.5. The maximum absolute atomic E-state index is 12.4. The second kappa shape index (κ2) is 9.09. The minimum Gasteiger partial charge on any atom is -0.507 e. The number of fused-ring (bicyclic) bond motifs is 1. The number of benzene rings is 3. The summed E-state index contributed by atoms with van der Waals surface area (Å²) < 4.78 is 5.25. The summed E-state index contributed by atoms with van der Waals surface area (Å²) in [4.78, 5) is 24.7. The monoisotopic (exact) mass is 405 g/mol. The molecule has 0 saturated carbocycles. The third kappa shape index (κ3) is 4.94. The number of ether oxygens (including phenoxy) is 1. The molecule has 7 heteroatoms. The zero-order valence-electron chi connectivity index (χ0n) is 17.0. The Kier molecular flexibility index (Phi) is 6.32. The van der Waals surface area contributed by atoms with Crippen LogP contribution in [0, 0.1) is 6.92 Å². The highest BCUT2D eigenvalue weighted by molar-refractivity contribution is 6.07. The molecule has 154 valence electrons. The lowest BCUT2D eigenvalue weighted by molar-refractivity contribution is -0.115. The molecule has 0 spiro atoms. The molecule has 0 unspecified atom stereocenters. The number of methoxy groups -OCH3 is 1. The number of nitrogens with one attached hydrogen (secondary N) is 2. The average molecular weight is 405 g/mol. The topological polar surface area (TPSA) is 100 Å². The second-order valence-corrected chi connectivity index (χ2v) is 6.93. The van der Waals surface area contributed by atoms with Gasteiger partial charge in [-0.25, -0.2) is 5.43 Å². The SMILES string of the molecule is COc1ccc(C)cc1NC(=O)C/C(C)=N/NC(=O)c1cc2ccccc2cc1O. The number of amides is 2. The number of phenolic OH excluding ortho intramolecular Hbond substituents is 1. The smallest absolute Gasteiger partial charge is 0.275 e. The number of hydrogen-bond donors (Lipinski definition) is 3. The van der Waals surface area contributed by atoms with E-state index in [9.17, 15) is 14.7 Å². The summed E-state index contributed by atoms with van der Waals surface area (Å²) >= 11 is 0. The first-order valence-electron chi connectivity index (χ1n) is 9.37. The van der Waals surface area contributed by atoms with Gasteiger partial charge in [-0.3, -0.25) is 9.59 Å². The minimum absolute atomic E-state index is 0.0128. The van der Waals surface area contributed by atoms with E-state index in [1.807, 2.05) is 43.3 Å². The molecule has 0 atom stereocenters. The summed E-state index contributed by atoms with van der Waals surface area (Å²) in [6, 6.07) is 16.0. The van der Waals surface area contributed by atoms with Crippen LogP contribution >= 0.6 is 0 Å². The number of nitrogens with zero attached hydrogens (tertiary/aromatic N) is 1. The summed E-state index contributed by atoms with van der Waals surface area (Å²) in [5.41, 5.74) is 4.46. The molecule has 0 saturated heterocycles. The number of carbonyl (C=O) groups is 2. The van der Waals surface area contributed by atoms with Gasteiger partial charge in [0.25, 0.3) is 5.91 Å². The van der Waals surface area contributed by atoms with Gasteiger partial charge < -0.3 is 15.2 Å². The van der Waals surface area contributed by atoms with Crippen molar-refractivity contribution in [2.24, 2.45) is 5.10 Å². The van der Waals surface area contributed by atoms with Crippen molar-refractivity contribution in [3.05, 3.63) is 65.7 Å². The molecular formula is C23H23N3O4. The van der Waals surface area contributed by atoms with Crippen molar-refractivity contribution in [2.45, 2.75) is 20.3 Å². The van der Waals surface area contributed by atoms with Gasteiger partial charge in [0.2, 0.25) is 5.91 Å². The summed E-state index contributed by atoms with van der Waals surface area (Å²) in [5, 5.41) is 18.6. The summed E-state index contributed by atoms with van der Waals surface area (Å²) in [5.74, 6) is -0.423. The maximum Gasteiger partial charge on any atom is 0.275 e. The minimum atomic E-state index is -0.557. The van der Waals surface area contributed by atoms with Crippen molar-refractivity contribution in [1.29, 1.82) is 0 Å². The van der Waals surface area contributed by atoms with E-state index in [-0.39, 0.29) is 23.6 Å². The van der Waals surface area contributed by atoms with E-state index in [1.54, 1.807) is 19.1 Å². The van der Waals surface area contributed by atoms with Gasteiger partial charge in [0.1, 0.15) is 11.5 Å². The Balaban J connectivity index is 1.65. The molecule has 0 aliphatic heterocycles. The van der Waals surface area contributed by atoms with Gasteiger partial charge in [-0.05, 0) is 54.4 Å². The summed E-state index contributed by atoms with van der Waals surface area (Å²) in [6.07, 6.45) is -0.0128. The van der Waals surface area contributed by atoms with Gasteiger partial charge in [0.05, 0.1) is 24.8 Å². The molecule has 0 heterocycles. The number of anilines is 1. The molecule has 3 aromatic carbocycles. The van der Waals surface area contributed by atoms with E-state index in [0.717, 1.165) is 16.3 Å². The molecule has 0 aliphatic rings. The first-order valence-corrected chi connectivity index (χ1v) is 9.37. The molecular weight excluding hydrogens is 382 g/mol. The van der Waals surface area contributed by atoms with E-state index in [0.29, 0.717) is 17.1 Å². The van der Waals surface area contributed by atoms with Crippen LogP contribution < -0.4 is 15.5 Å². The Morgan fingerprint density at radius 1 is 1.07 bits per heavy atom. The fourth-order valence-corrected chi connectivity index (χ4v) is 3.00. The molecule has 3 N–H and O–H groups in total. The third-order valence-electron chi connectivity index (χ3n) is 4.50. The Hall–Kier alpha value is -3.87. The van der Waals surface area contributed by atoms with E-state index >= 15 is 0 Å². The van der Waals surface area contributed by atoms with Crippen molar-refractivity contribution < 1.29 is 19.4 Å². The zero-order valence-corrected chi connectivity index (χ0v) is 17.0. The van der Waals surface area contributed by atoms with Crippen molar-refractivity contribution >= 4 is 34.0 Å².